The molecule has 1 amide bonds. The van der Waals surface area contributed by atoms with E-state index in [4.69, 9.17) is 16.3 Å². The van der Waals surface area contributed by atoms with Gasteiger partial charge < -0.3 is 15.0 Å². The summed E-state index contributed by atoms with van der Waals surface area (Å²) in [6.07, 6.45) is 3.27. The largest absolute Gasteiger partial charge is 0.378 e. The third kappa shape index (κ3) is 3.55. The number of aromatic nitrogens is 1. The van der Waals surface area contributed by atoms with Crippen molar-refractivity contribution >= 4 is 28.9 Å². The molecule has 5 nitrogen and oxygen atoms in total. The number of ether oxygens (including phenoxy) is 1. The standard InChI is InChI=1S/C16H16ClN3O2/c17-13-1-3-14(4-2-13)19-15-9-12(10-18-11-15)16(21)20-5-7-22-8-6-20/h1-4,9-11,19H,5-8H2. The minimum absolute atomic E-state index is 0.0180. The molecule has 1 saturated heterocycles. The number of anilines is 2. The van der Waals surface area contributed by atoms with E-state index in [-0.39, 0.29) is 5.91 Å². The fourth-order valence-electron chi connectivity index (χ4n) is 2.27. The first-order valence-corrected chi connectivity index (χ1v) is 7.45. The molecule has 3 rings (SSSR count). The Balaban J connectivity index is 1.74. The van der Waals surface area contributed by atoms with Crippen LogP contribution in [-0.4, -0.2) is 42.1 Å². The molecule has 2 heterocycles. The first kappa shape index (κ1) is 14.8. The van der Waals surface area contributed by atoms with Gasteiger partial charge in [0.15, 0.2) is 0 Å². The van der Waals surface area contributed by atoms with Crippen molar-refractivity contribution in [2.45, 2.75) is 0 Å². The molecule has 0 atom stereocenters. The van der Waals surface area contributed by atoms with Crippen molar-refractivity contribution in [1.82, 2.24) is 9.88 Å². The molecule has 1 aromatic carbocycles. The van der Waals surface area contributed by atoms with Crippen molar-refractivity contribution in [3.63, 3.8) is 0 Å². The lowest BCUT2D eigenvalue weighted by molar-refractivity contribution is 0.0302. The molecule has 2 aromatic rings. The van der Waals surface area contributed by atoms with Gasteiger partial charge in [-0.2, -0.15) is 0 Å². The van der Waals surface area contributed by atoms with Crippen molar-refractivity contribution in [1.29, 1.82) is 0 Å². The Labute approximate surface area is 133 Å². The lowest BCUT2D eigenvalue weighted by atomic mass is 10.2. The minimum atomic E-state index is -0.0180. The number of hydrogen-bond donors (Lipinski definition) is 1. The van der Waals surface area contributed by atoms with E-state index in [2.05, 4.69) is 10.3 Å². The number of carbonyl (C=O) groups excluding carboxylic acids is 1. The average molecular weight is 318 g/mol. The van der Waals surface area contributed by atoms with Crippen LogP contribution in [0.3, 0.4) is 0 Å². The topological polar surface area (TPSA) is 54.5 Å². The van der Waals surface area contributed by atoms with E-state index < -0.39 is 0 Å². The summed E-state index contributed by atoms with van der Waals surface area (Å²) < 4.78 is 5.27. The van der Waals surface area contributed by atoms with Crippen LogP contribution in [0.25, 0.3) is 0 Å². The molecule has 1 aliphatic heterocycles. The van der Waals surface area contributed by atoms with Crippen molar-refractivity contribution in [3.05, 3.63) is 53.3 Å². The zero-order valence-corrected chi connectivity index (χ0v) is 12.7. The molecule has 1 aromatic heterocycles. The van der Waals surface area contributed by atoms with E-state index in [1.54, 1.807) is 35.5 Å². The first-order chi connectivity index (χ1) is 10.7. The Morgan fingerprint density at radius 1 is 1.14 bits per heavy atom. The Hall–Kier alpha value is -2.11. The highest BCUT2D eigenvalue weighted by Crippen LogP contribution is 2.19. The maximum absolute atomic E-state index is 12.4. The van der Waals surface area contributed by atoms with Crippen LogP contribution in [0.1, 0.15) is 10.4 Å². The molecule has 0 saturated carbocycles. The maximum Gasteiger partial charge on any atom is 0.255 e. The molecular weight excluding hydrogens is 302 g/mol. The molecule has 0 unspecified atom stereocenters. The van der Waals surface area contributed by atoms with Crippen LogP contribution >= 0.6 is 11.6 Å². The number of morpholine rings is 1. The number of nitrogens with zero attached hydrogens (tertiary/aromatic N) is 2. The lowest BCUT2D eigenvalue weighted by Crippen LogP contribution is -2.40. The van der Waals surface area contributed by atoms with Crippen LogP contribution in [0.2, 0.25) is 5.02 Å². The number of nitrogens with one attached hydrogen (secondary N) is 1. The van der Waals surface area contributed by atoms with Gasteiger partial charge in [-0.05, 0) is 30.3 Å². The van der Waals surface area contributed by atoms with Gasteiger partial charge in [-0.15, -0.1) is 0 Å². The van der Waals surface area contributed by atoms with Gasteiger partial charge in [-0.3, -0.25) is 9.78 Å². The Morgan fingerprint density at radius 2 is 1.86 bits per heavy atom. The van der Waals surface area contributed by atoms with Gasteiger partial charge >= 0.3 is 0 Å². The second-order valence-corrected chi connectivity index (χ2v) is 5.44. The van der Waals surface area contributed by atoms with Gasteiger partial charge in [-0.25, -0.2) is 0 Å². The predicted octanol–water partition coefficient (Wildman–Crippen LogP) is 2.95. The van der Waals surface area contributed by atoms with Gasteiger partial charge in [-0.1, -0.05) is 11.6 Å². The van der Waals surface area contributed by atoms with Crippen LogP contribution in [0.4, 0.5) is 11.4 Å². The molecule has 22 heavy (non-hydrogen) atoms. The fraction of sp³-hybridized carbons (Fsp3) is 0.250. The second kappa shape index (κ2) is 6.77. The molecular formula is C16H16ClN3O2. The smallest absolute Gasteiger partial charge is 0.255 e. The van der Waals surface area contributed by atoms with Gasteiger partial charge in [0.2, 0.25) is 0 Å². The summed E-state index contributed by atoms with van der Waals surface area (Å²) in [5.74, 6) is -0.0180. The lowest BCUT2D eigenvalue weighted by Gasteiger charge is -2.26. The van der Waals surface area contributed by atoms with Crippen LogP contribution in [0.15, 0.2) is 42.7 Å². The zero-order valence-electron chi connectivity index (χ0n) is 12.0. The molecule has 1 N–H and O–H groups in total. The number of benzene rings is 1. The average Bonchev–Trinajstić information content (AvgIpc) is 2.57. The molecule has 0 aliphatic carbocycles. The molecule has 0 radical (unpaired) electrons. The fourth-order valence-corrected chi connectivity index (χ4v) is 2.40. The number of amides is 1. The third-order valence-corrected chi connectivity index (χ3v) is 3.67. The third-order valence-electron chi connectivity index (χ3n) is 3.42. The van der Waals surface area contributed by atoms with Crippen molar-refractivity contribution in [3.8, 4) is 0 Å². The van der Waals surface area contributed by atoms with Gasteiger partial charge in [0.1, 0.15) is 0 Å². The molecule has 1 fully saturated rings. The summed E-state index contributed by atoms with van der Waals surface area (Å²) >= 11 is 5.87. The van der Waals surface area contributed by atoms with E-state index >= 15 is 0 Å². The van der Waals surface area contributed by atoms with Gasteiger partial charge in [0.25, 0.3) is 5.91 Å². The second-order valence-electron chi connectivity index (χ2n) is 5.00. The number of pyridine rings is 1. The van der Waals surface area contributed by atoms with E-state index in [0.29, 0.717) is 36.9 Å². The molecule has 1 aliphatic rings. The maximum atomic E-state index is 12.4. The Morgan fingerprint density at radius 3 is 2.59 bits per heavy atom. The summed E-state index contributed by atoms with van der Waals surface area (Å²) in [6.45, 7) is 2.41. The summed E-state index contributed by atoms with van der Waals surface area (Å²) in [7, 11) is 0. The van der Waals surface area contributed by atoms with Crippen LogP contribution < -0.4 is 5.32 Å². The van der Waals surface area contributed by atoms with Crippen molar-refractivity contribution in [2.24, 2.45) is 0 Å². The quantitative estimate of drug-likeness (QED) is 0.945. The Bertz CT molecular complexity index is 655. The van der Waals surface area contributed by atoms with Crippen LogP contribution in [-0.2, 0) is 4.74 Å². The predicted molar refractivity (Wildman–Crippen MR) is 85.7 cm³/mol. The summed E-state index contributed by atoms with van der Waals surface area (Å²) in [6, 6.07) is 9.16. The van der Waals surface area contributed by atoms with E-state index in [1.807, 2.05) is 12.1 Å². The molecule has 0 bridgehead atoms. The van der Waals surface area contributed by atoms with Crippen LogP contribution in [0, 0.1) is 0 Å². The first-order valence-electron chi connectivity index (χ1n) is 7.07. The van der Waals surface area contributed by atoms with Gasteiger partial charge in [0, 0.05) is 30.0 Å². The highest BCUT2D eigenvalue weighted by atomic mass is 35.5. The van der Waals surface area contributed by atoms with E-state index in [9.17, 15) is 4.79 Å². The van der Waals surface area contributed by atoms with Gasteiger partial charge in [0.05, 0.1) is 30.7 Å². The van der Waals surface area contributed by atoms with Crippen LogP contribution in [0.5, 0.6) is 0 Å². The summed E-state index contributed by atoms with van der Waals surface area (Å²) in [5, 5.41) is 3.89. The monoisotopic (exact) mass is 317 g/mol. The number of rotatable bonds is 3. The Kier molecular flexibility index (Phi) is 4.56. The van der Waals surface area contributed by atoms with Crippen molar-refractivity contribution in [2.75, 3.05) is 31.6 Å². The number of carbonyl (C=O) groups is 1. The highest BCUT2D eigenvalue weighted by molar-refractivity contribution is 6.30. The molecule has 0 spiro atoms. The highest BCUT2D eigenvalue weighted by Gasteiger charge is 2.18. The summed E-state index contributed by atoms with van der Waals surface area (Å²) in [4.78, 5) is 18.4. The van der Waals surface area contributed by atoms with E-state index in [0.717, 1.165) is 11.4 Å². The minimum Gasteiger partial charge on any atom is -0.378 e. The molecule has 6 heteroatoms. The number of halogens is 1. The zero-order chi connectivity index (χ0) is 15.4. The van der Waals surface area contributed by atoms with E-state index in [1.165, 1.54) is 0 Å². The molecule has 114 valence electrons. The number of hydrogen-bond acceptors (Lipinski definition) is 4. The summed E-state index contributed by atoms with van der Waals surface area (Å²) in [5.41, 5.74) is 2.23. The van der Waals surface area contributed by atoms with Crippen molar-refractivity contribution < 1.29 is 9.53 Å². The SMILES string of the molecule is O=C(c1cncc(Nc2ccc(Cl)cc2)c1)N1CCOCC1. The normalized spacial score (nSPS) is 14.7.